The lowest BCUT2D eigenvalue weighted by Crippen LogP contribution is -2.33. The van der Waals surface area contributed by atoms with Crippen LogP contribution < -0.4 is 10.6 Å². The van der Waals surface area contributed by atoms with Crippen LogP contribution in [0.2, 0.25) is 0 Å². The minimum atomic E-state index is -0.291. The van der Waals surface area contributed by atoms with Crippen LogP contribution in [0, 0.1) is 5.82 Å². The van der Waals surface area contributed by atoms with E-state index in [1.54, 1.807) is 12.1 Å². The summed E-state index contributed by atoms with van der Waals surface area (Å²) in [6, 6.07) is 5.94. The van der Waals surface area contributed by atoms with Gasteiger partial charge in [-0.3, -0.25) is 4.79 Å². The summed E-state index contributed by atoms with van der Waals surface area (Å²) in [6.07, 6.45) is 0. The van der Waals surface area contributed by atoms with Gasteiger partial charge < -0.3 is 10.6 Å². The fourth-order valence-electron chi connectivity index (χ4n) is 1.85. The van der Waals surface area contributed by atoms with Crippen molar-refractivity contribution in [3.05, 3.63) is 35.6 Å². The lowest BCUT2D eigenvalue weighted by atomic mass is 10.1. The maximum atomic E-state index is 12.9. The Morgan fingerprint density at radius 2 is 2.00 bits per heavy atom. The number of amides is 1. The molecule has 0 bridgehead atoms. The number of hydrogen-bond donors (Lipinski definition) is 2. The fraction of sp³-hybridized carbons (Fsp3) is 0.400. The van der Waals surface area contributed by atoms with Gasteiger partial charge in [-0.2, -0.15) is 0 Å². The van der Waals surface area contributed by atoms with Crippen molar-refractivity contribution < 1.29 is 9.18 Å². The quantitative estimate of drug-likeness (QED) is 0.745. The molecule has 0 unspecified atom stereocenters. The Labute approximate surface area is 143 Å². The molecule has 1 amide bonds. The smallest absolute Gasteiger partial charge is 0.233 e. The Morgan fingerprint density at radius 1 is 1.30 bits per heavy atom. The first kappa shape index (κ1) is 17.7. The zero-order valence-electron chi connectivity index (χ0n) is 13.2. The minimum Gasteiger partial charge on any atom is -0.360 e. The van der Waals surface area contributed by atoms with Gasteiger partial charge in [0.1, 0.15) is 5.82 Å². The van der Waals surface area contributed by atoms with Crippen molar-refractivity contribution in [2.45, 2.75) is 36.4 Å². The molecule has 2 N–H and O–H groups in total. The maximum Gasteiger partial charge on any atom is 0.233 e. The monoisotopic (exact) mass is 354 g/mol. The number of anilines is 1. The first-order valence-corrected chi connectivity index (χ1v) is 8.99. The Kier molecular flexibility index (Phi) is 6.35. The number of carbonyl (C=O) groups excluding carboxylic acids is 1. The molecule has 0 aliphatic carbocycles. The summed E-state index contributed by atoms with van der Waals surface area (Å²) in [4.78, 5) is 12.3. The van der Waals surface area contributed by atoms with Crippen LogP contribution in [0.5, 0.6) is 0 Å². The predicted molar refractivity (Wildman–Crippen MR) is 92.3 cm³/mol. The molecule has 0 saturated carbocycles. The summed E-state index contributed by atoms with van der Waals surface area (Å²) in [7, 11) is 0. The number of nitrogens with zero attached hydrogens (tertiary/aromatic N) is 2. The number of thioether (sulfide) groups is 1. The van der Waals surface area contributed by atoms with E-state index in [2.05, 4.69) is 20.8 Å². The molecule has 1 heterocycles. The molecule has 2 rings (SSSR count). The van der Waals surface area contributed by atoms with Crippen LogP contribution in [-0.4, -0.2) is 27.9 Å². The second kappa shape index (κ2) is 8.26. The number of halogens is 1. The molecule has 0 aliphatic rings. The summed E-state index contributed by atoms with van der Waals surface area (Å²) in [5, 5.41) is 14.5. The molecule has 1 aromatic carbocycles. The number of carbonyl (C=O) groups is 1. The minimum absolute atomic E-state index is 0.0907. The van der Waals surface area contributed by atoms with E-state index in [9.17, 15) is 9.18 Å². The summed E-state index contributed by atoms with van der Waals surface area (Å²) in [5.74, 6) is -0.379. The van der Waals surface area contributed by atoms with Crippen LogP contribution in [0.1, 0.15) is 32.4 Å². The molecular weight excluding hydrogens is 335 g/mol. The van der Waals surface area contributed by atoms with Crippen LogP contribution in [0.25, 0.3) is 0 Å². The van der Waals surface area contributed by atoms with E-state index in [0.717, 1.165) is 21.6 Å². The number of hydrogen-bond acceptors (Lipinski definition) is 6. The molecular formula is C15H19FN4OS2. The van der Waals surface area contributed by atoms with E-state index in [1.807, 2.05) is 20.8 Å². The van der Waals surface area contributed by atoms with Gasteiger partial charge in [0.25, 0.3) is 0 Å². The van der Waals surface area contributed by atoms with Crippen LogP contribution in [0.3, 0.4) is 0 Å². The molecule has 0 spiro atoms. The van der Waals surface area contributed by atoms with Gasteiger partial charge in [-0.15, -0.1) is 10.2 Å². The first-order chi connectivity index (χ1) is 11.0. The molecule has 1 aromatic heterocycles. The third-order valence-electron chi connectivity index (χ3n) is 3.11. The van der Waals surface area contributed by atoms with Gasteiger partial charge in [0.05, 0.1) is 11.3 Å². The van der Waals surface area contributed by atoms with Crippen molar-refractivity contribution >= 4 is 34.1 Å². The van der Waals surface area contributed by atoms with E-state index in [1.165, 1.54) is 35.2 Å². The van der Waals surface area contributed by atoms with Crippen molar-refractivity contribution in [3.8, 4) is 0 Å². The molecule has 8 heteroatoms. The molecule has 23 heavy (non-hydrogen) atoms. The molecule has 2 aromatic rings. The van der Waals surface area contributed by atoms with Gasteiger partial charge in [0.15, 0.2) is 4.34 Å². The largest absolute Gasteiger partial charge is 0.360 e. The molecule has 0 aliphatic heterocycles. The molecule has 0 radical (unpaired) electrons. The van der Waals surface area contributed by atoms with Gasteiger partial charge in [-0.25, -0.2) is 4.39 Å². The summed E-state index contributed by atoms with van der Waals surface area (Å²) >= 11 is 2.80. The summed E-state index contributed by atoms with van der Waals surface area (Å²) < 4.78 is 13.7. The SMILES string of the molecule is CCNc1nnc(S[C@@H](C)C(=O)N[C@@H](C)c2ccc(F)cc2)s1. The second-order valence-corrected chi connectivity index (χ2v) is 7.51. The van der Waals surface area contributed by atoms with Crippen molar-refractivity contribution in [2.24, 2.45) is 0 Å². The first-order valence-electron chi connectivity index (χ1n) is 7.29. The lowest BCUT2D eigenvalue weighted by Gasteiger charge is -2.17. The van der Waals surface area contributed by atoms with E-state index in [4.69, 9.17) is 0 Å². The number of nitrogens with one attached hydrogen (secondary N) is 2. The van der Waals surface area contributed by atoms with Crippen LogP contribution in [0.15, 0.2) is 28.6 Å². The normalized spacial score (nSPS) is 13.4. The van der Waals surface area contributed by atoms with E-state index in [0.29, 0.717) is 0 Å². The van der Waals surface area contributed by atoms with Crippen LogP contribution >= 0.6 is 23.1 Å². The number of rotatable bonds is 7. The van der Waals surface area contributed by atoms with Gasteiger partial charge in [-0.05, 0) is 38.5 Å². The van der Waals surface area contributed by atoms with Gasteiger partial charge in [-0.1, -0.05) is 35.2 Å². The molecule has 0 saturated heterocycles. The van der Waals surface area contributed by atoms with E-state index >= 15 is 0 Å². The van der Waals surface area contributed by atoms with Gasteiger partial charge in [0, 0.05) is 6.54 Å². The average Bonchev–Trinajstić information content (AvgIpc) is 2.95. The topological polar surface area (TPSA) is 66.9 Å². The number of aromatic nitrogens is 2. The fourth-order valence-corrected chi connectivity index (χ4v) is 3.82. The summed E-state index contributed by atoms with van der Waals surface area (Å²) in [6.45, 7) is 6.47. The Balaban J connectivity index is 1.89. The highest BCUT2D eigenvalue weighted by atomic mass is 32.2. The average molecular weight is 354 g/mol. The standard InChI is InChI=1S/C15H19FN4OS2/c1-4-17-14-19-20-15(23-14)22-10(3)13(21)18-9(2)11-5-7-12(16)8-6-11/h5-10H,4H2,1-3H3,(H,17,19)(H,18,21)/t9-,10-/m0/s1. The van der Waals surface area contributed by atoms with Crippen molar-refractivity contribution in [3.63, 3.8) is 0 Å². The Morgan fingerprint density at radius 3 is 2.65 bits per heavy atom. The predicted octanol–water partition coefficient (Wildman–Crippen LogP) is 3.47. The third kappa shape index (κ3) is 5.18. The highest BCUT2D eigenvalue weighted by Crippen LogP contribution is 2.29. The van der Waals surface area contributed by atoms with Crippen LogP contribution in [-0.2, 0) is 4.79 Å². The molecule has 5 nitrogen and oxygen atoms in total. The Hall–Kier alpha value is -1.67. The van der Waals surface area contributed by atoms with Crippen molar-refractivity contribution in [1.82, 2.24) is 15.5 Å². The van der Waals surface area contributed by atoms with Crippen LogP contribution in [0.4, 0.5) is 9.52 Å². The molecule has 124 valence electrons. The summed E-state index contributed by atoms with van der Waals surface area (Å²) in [5.41, 5.74) is 0.863. The van der Waals surface area contributed by atoms with E-state index in [-0.39, 0.29) is 23.0 Å². The zero-order valence-corrected chi connectivity index (χ0v) is 14.8. The maximum absolute atomic E-state index is 12.9. The molecule has 0 fully saturated rings. The van der Waals surface area contributed by atoms with Crippen molar-refractivity contribution in [2.75, 3.05) is 11.9 Å². The highest BCUT2D eigenvalue weighted by Gasteiger charge is 2.19. The second-order valence-electron chi connectivity index (χ2n) is 4.95. The van der Waals surface area contributed by atoms with Gasteiger partial charge >= 0.3 is 0 Å². The lowest BCUT2D eigenvalue weighted by molar-refractivity contribution is -0.120. The third-order valence-corrected chi connectivity index (χ3v) is 5.18. The highest BCUT2D eigenvalue weighted by molar-refractivity contribution is 8.02. The molecule has 2 atom stereocenters. The van der Waals surface area contributed by atoms with E-state index < -0.39 is 0 Å². The van der Waals surface area contributed by atoms with Crippen molar-refractivity contribution in [1.29, 1.82) is 0 Å². The Bertz CT molecular complexity index is 647. The number of benzene rings is 1. The zero-order chi connectivity index (χ0) is 16.8. The van der Waals surface area contributed by atoms with Gasteiger partial charge in [0.2, 0.25) is 11.0 Å².